The maximum absolute atomic E-state index is 12.4. The average Bonchev–Trinajstić information content (AvgIpc) is 2.79. The van der Waals surface area contributed by atoms with Gasteiger partial charge in [-0.3, -0.25) is 9.52 Å². The van der Waals surface area contributed by atoms with E-state index in [4.69, 9.17) is 9.47 Å². The molecule has 7 nitrogen and oxygen atoms in total. The first kappa shape index (κ1) is 22.2. The van der Waals surface area contributed by atoms with Crippen molar-refractivity contribution >= 4 is 21.6 Å². The second-order valence-corrected chi connectivity index (χ2v) is 8.19. The van der Waals surface area contributed by atoms with Gasteiger partial charge in [-0.15, -0.1) is 0 Å². The quantitative estimate of drug-likeness (QED) is 0.469. The summed E-state index contributed by atoms with van der Waals surface area (Å²) >= 11 is 0. The van der Waals surface area contributed by atoms with Crippen molar-refractivity contribution in [2.45, 2.75) is 11.8 Å². The number of anilines is 1. The number of carbonyl (C=O) groups is 1. The molecule has 3 aromatic rings. The van der Waals surface area contributed by atoms with Crippen LogP contribution in [-0.4, -0.2) is 34.1 Å². The Labute approximate surface area is 182 Å². The van der Waals surface area contributed by atoms with Gasteiger partial charge in [0.1, 0.15) is 18.1 Å². The van der Waals surface area contributed by atoms with Crippen LogP contribution in [0.2, 0.25) is 0 Å². The lowest BCUT2D eigenvalue weighted by Gasteiger charge is -2.10. The van der Waals surface area contributed by atoms with E-state index in [1.165, 1.54) is 12.1 Å². The number of amides is 1. The number of rotatable bonds is 10. The van der Waals surface area contributed by atoms with Crippen LogP contribution in [0.15, 0.2) is 83.8 Å². The standard InChI is InChI=1S/C23H24N2O5S/c1-2-29-20-12-14-21(15-13-20)30-17-16-24-23(26)18-8-10-19(11-9-18)25-31(27,28)22-6-4-3-5-7-22/h3-15,25H,2,16-17H2,1H3,(H,24,26). The van der Waals surface area contributed by atoms with Crippen molar-refractivity contribution in [1.29, 1.82) is 0 Å². The molecule has 2 N–H and O–H groups in total. The molecule has 0 aliphatic carbocycles. The van der Waals surface area contributed by atoms with Gasteiger partial charge in [-0.2, -0.15) is 0 Å². The van der Waals surface area contributed by atoms with Gasteiger partial charge in [0.2, 0.25) is 0 Å². The van der Waals surface area contributed by atoms with Gasteiger partial charge in [0.15, 0.2) is 0 Å². The highest BCUT2D eigenvalue weighted by molar-refractivity contribution is 7.92. The normalized spacial score (nSPS) is 10.9. The minimum Gasteiger partial charge on any atom is -0.494 e. The Kier molecular flexibility index (Phi) is 7.50. The van der Waals surface area contributed by atoms with Crippen molar-refractivity contribution in [3.8, 4) is 11.5 Å². The van der Waals surface area contributed by atoms with Gasteiger partial charge in [-0.05, 0) is 67.6 Å². The number of hydrogen-bond acceptors (Lipinski definition) is 5. The van der Waals surface area contributed by atoms with Crippen LogP contribution in [0, 0.1) is 0 Å². The molecule has 0 saturated carbocycles. The summed E-state index contributed by atoms with van der Waals surface area (Å²) in [6, 6.07) is 21.6. The van der Waals surface area contributed by atoms with E-state index in [0.717, 1.165) is 5.75 Å². The molecular weight excluding hydrogens is 416 g/mol. The molecule has 8 heteroatoms. The minimum absolute atomic E-state index is 0.171. The molecule has 0 heterocycles. The minimum atomic E-state index is -3.67. The molecule has 3 aromatic carbocycles. The molecule has 0 aliphatic heterocycles. The number of nitrogens with one attached hydrogen (secondary N) is 2. The largest absolute Gasteiger partial charge is 0.494 e. The lowest BCUT2D eigenvalue weighted by molar-refractivity contribution is 0.0947. The Hall–Kier alpha value is -3.52. The van der Waals surface area contributed by atoms with Gasteiger partial charge in [0, 0.05) is 11.3 Å². The lowest BCUT2D eigenvalue weighted by Crippen LogP contribution is -2.28. The molecule has 31 heavy (non-hydrogen) atoms. The zero-order valence-electron chi connectivity index (χ0n) is 17.1. The highest BCUT2D eigenvalue weighted by atomic mass is 32.2. The molecule has 0 saturated heterocycles. The summed E-state index contributed by atoms with van der Waals surface area (Å²) in [6.45, 7) is 3.17. The molecule has 0 radical (unpaired) electrons. The Morgan fingerprint density at radius 1 is 0.839 bits per heavy atom. The Bertz CT molecular complexity index is 1080. The number of benzene rings is 3. The van der Waals surface area contributed by atoms with Crippen molar-refractivity contribution in [3.63, 3.8) is 0 Å². The van der Waals surface area contributed by atoms with E-state index in [0.29, 0.717) is 36.8 Å². The smallest absolute Gasteiger partial charge is 0.261 e. The molecule has 0 bridgehead atoms. The van der Waals surface area contributed by atoms with E-state index in [9.17, 15) is 13.2 Å². The predicted molar refractivity (Wildman–Crippen MR) is 119 cm³/mol. The van der Waals surface area contributed by atoms with Crippen LogP contribution in [-0.2, 0) is 10.0 Å². The van der Waals surface area contributed by atoms with Crippen molar-refractivity contribution in [3.05, 3.63) is 84.4 Å². The van der Waals surface area contributed by atoms with Gasteiger partial charge in [0.25, 0.3) is 15.9 Å². The van der Waals surface area contributed by atoms with Gasteiger partial charge >= 0.3 is 0 Å². The molecule has 3 rings (SSSR count). The van der Waals surface area contributed by atoms with Crippen LogP contribution in [0.25, 0.3) is 0 Å². The van der Waals surface area contributed by atoms with Crippen LogP contribution < -0.4 is 19.5 Å². The average molecular weight is 441 g/mol. The van der Waals surface area contributed by atoms with Crippen LogP contribution in [0.5, 0.6) is 11.5 Å². The SMILES string of the molecule is CCOc1ccc(OCCNC(=O)c2ccc(NS(=O)(=O)c3ccccc3)cc2)cc1. The summed E-state index contributed by atoms with van der Waals surface area (Å²) in [5, 5.41) is 2.77. The highest BCUT2D eigenvalue weighted by Gasteiger charge is 2.13. The summed E-state index contributed by atoms with van der Waals surface area (Å²) in [5.74, 6) is 1.19. The first-order valence-electron chi connectivity index (χ1n) is 9.80. The second kappa shape index (κ2) is 10.5. The topological polar surface area (TPSA) is 93.7 Å². The van der Waals surface area contributed by atoms with Crippen molar-refractivity contribution in [2.24, 2.45) is 0 Å². The van der Waals surface area contributed by atoms with Gasteiger partial charge in [0.05, 0.1) is 18.0 Å². The first-order chi connectivity index (χ1) is 15.0. The number of sulfonamides is 1. The van der Waals surface area contributed by atoms with E-state index in [1.807, 2.05) is 31.2 Å². The van der Waals surface area contributed by atoms with Gasteiger partial charge in [-0.1, -0.05) is 18.2 Å². The van der Waals surface area contributed by atoms with Crippen LogP contribution in [0.3, 0.4) is 0 Å². The molecule has 0 aliphatic rings. The third-order valence-corrected chi connectivity index (χ3v) is 5.64. The fraction of sp³-hybridized carbons (Fsp3) is 0.174. The summed E-state index contributed by atoms with van der Waals surface area (Å²) in [6.07, 6.45) is 0. The van der Waals surface area contributed by atoms with E-state index >= 15 is 0 Å². The molecule has 0 atom stereocenters. The first-order valence-corrected chi connectivity index (χ1v) is 11.3. The Morgan fingerprint density at radius 3 is 2.06 bits per heavy atom. The van der Waals surface area contributed by atoms with Crippen molar-refractivity contribution < 1.29 is 22.7 Å². The molecule has 0 spiro atoms. The van der Waals surface area contributed by atoms with Crippen LogP contribution in [0.4, 0.5) is 5.69 Å². The molecular formula is C23H24N2O5S. The maximum Gasteiger partial charge on any atom is 0.261 e. The van der Waals surface area contributed by atoms with Crippen LogP contribution >= 0.6 is 0 Å². The summed E-state index contributed by atoms with van der Waals surface area (Å²) in [4.78, 5) is 12.4. The lowest BCUT2D eigenvalue weighted by atomic mass is 10.2. The molecule has 0 unspecified atom stereocenters. The summed E-state index contributed by atoms with van der Waals surface area (Å²) in [7, 11) is -3.67. The highest BCUT2D eigenvalue weighted by Crippen LogP contribution is 2.18. The summed E-state index contributed by atoms with van der Waals surface area (Å²) in [5.41, 5.74) is 0.794. The zero-order valence-corrected chi connectivity index (χ0v) is 17.9. The summed E-state index contributed by atoms with van der Waals surface area (Å²) < 4.78 is 38.2. The fourth-order valence-electron chi connectivity index (χ4n) is 2.74. The Morgan fingerprint density at radius 2 is 1.45 bits per heavy atom. The van der Waals surface area contributed by atoms with Gasteiger partial charge < -0.3 is 14.8 Å². The van der Waals surface area contributed by atoms with E-state index in [1.54, 1.807) is 42.5 Å². The Balaban J connectivity index is 1.46. The molecule has 1 amide bonds. The monoisotopic (exact) mass is 440 g/mol. The predicted octanol–water partition coefficient (Wildman–Crippen LogP) is 3.69. The maximum atomic E-state index is 12.4. The number of hydrogen-bond donors (Lipinski definition) is 2. The third kappa shape index (κ3) is 6.48. The fourth-order valence-corrected chi connectivity index (χ4v) is 3.82. The number of ether oxygens (including phenoxy) is 2. The zero-order chi connectivity index (χ0) is 22.1. The van der Waals surface area contributed by atoms with Crippen LogP contribution in [0.1, 0.15) is 17.3 Å². The molecule has 162 valence electrons. The van der Waals surface area contributed by atoms with E-state index in [-0.39, 0.29) is 10.8 Å². The van der Waals surface area contributed by atoms with Gasteiger partial charge in [-0.25, -0.2) is 8.42 Å². The van der Waals surface area contributed by atoms with Crippen molar-refractivity contribution in [2.75, 3.05) is 24.5 Å². The third-order valence-electron chi connectivity index (χ3n) is 4.24. The van der Waals surface area contributed by atoms with E-state index < -0.39 is 10.0 Å². The number of carbonyl (C=O) groups excluding carboxylic acids is 1. The molecule has 0 fully saturated rings. The van der Waals surface area contributed by atoms with E-state index in [2.05, 4.69) is 10.0 Å². The second-order valence-electron chi connectivity index (χ2n) is 6.50. The van der Waals surface area contributed by atoms with Crippen molar-refractivity contribution in [1.82, 2.24) is 5.32 Å². The molecule has 0 aromatic heterocycles.